The van der Waals surface area contributed by atoms with Crippen LogP contribution in [0.1, 0.15) is 28.8 Å². The molecule has 0 spiro atoms. The zero-order valence-electron chi connectivity index (χ0n) is 9.06. The van der Waals surface area contributed by atoms with Crippen LogP contribution in [0.3, 0.4) is 0 Å². The van der Waals surface area contributed by atoms with E-state index in [4.69, 9.17) is 4.42 Å². The lowest BCUT2D eigenvalue weighted by molar-refractivity contribution is 0.218. The quantitative estimate of drug-likeness (QED) is 0.813. The summed E-state index contributed by atoms with van der Waals surface area (Å²) in [6.45, 7) is 3.72. The van der Waals surface area contributed by atoms with E-state index in [1.807, 2.05) is 27.0 Å². The van der Waals surface area contributed by atoms with Crippen molar-refractivity contribution < 1.29 is 9.52 Å². The van der Waals surface area contributed by atoms with Gasteiger partial charge in [-0.3, -0.25) is 4.68 Å². The van der Waals surface area contributed by atoms with Crippen molar-refractivity contribution in [3.63, 3.8) is 0 Å². The molecule has 0 bridgehead atoms. The zero-order chi connectivity index (χ0) is 11.0. The SMILES string of the molecule is Cc1cc(C(O)c2cnn(C)c2)c(C)o1. The summed E-state index contributed by atoms with van der Waals surface area (Å²) in [6.07, 6.45) is 2.80. The molecule has 0 fully saturated rings. The number of aromatic nitrogens is 2. The van der Waals surface area contributed by atoms with Gasteiger partial charge in [0, 0.05) is 24.4 Å². The molecule has 0 amide bonds. The Labute approximate surface area is 88.1 Å². The monoisotopic (exact) mass is 206 g/mol. The van der Waals surface area contributed by atoms with Gasteiger partial charge in [-0.05, 0) is 19.9 Å². The van der Waals surface area contributed by atoms with Crippen molar-refractivity contribution in [1.29, 1.82) is 0 Å². The first-order chi connectivity index (χ1) is 7.08. The van der Waals surface area contributed by atoms with E-state index in [-0.39, 0.29) is 0 Å². The number of furan rings is 1. The van der Waals surface area contributed by atoms with Crippen molar-refractivity contribution in [2.75, 3.05) is 0 Å². The average molecular weight is 206 g/mol. The van der Waals surface area contributed by atoms with E-state index in [9.17, 15) is 5.11 Å². The minimum Gasteiger partial charge on any atom is -0.466 e. The van der Waals surface area contributed by atoms with Crippen molar-refractivity contribution in [3.05, 3.63) is 41.1 Å². The summed E-state index contributed by atoms with van der Waals surface area (Å²) in [4.78, 5) is 0. The second-order valence-corrected chi connectivity index (χ2v) is 3.72. The van der Waals surface area contributed by atoms with Gasteiger partial charge in [0.2, 0.25) is 0 Å². The van der Waals surface area contributed by atoms with Crippen LogP contribution >= 0.6 is 0 Å². The summed E-state index contributed by atoms with van der Waals surface area (Å²) >= 11 is 0. The summed E-state index contributed by atoms with van der Waals surface area (Å²) in [6, 6.07) is 1.85. The third kappa shape index (κ3) is 1.80. The fraction of sp³-hybridized carbons (Fsp3) is 0.364. The van der Waals surface area contributed by atoms with Crippen LogP contribution in [0.5, 0.6) is 0 Å². The van der Waals surface area contributed by atoms with Crippen LogP contribution in [0.4, 0.5) is 0 Å². The number of aliphatic hydroxyl groups is 1. The molecule has 1 N–H and O–H groups in total. The van der Waals surface area contributed by atoms with Gasteiger partial charge < -0.3 is 9.52 Å². The van der Waals surface area contributed by atoms with Crippen LogP contribution in [0.2, 0.25) is 0 Å². The molecule has 0 aliphatic heterocycles. The maximum atomic E-state index is 10.1. The minimum atomic E-state index is -0.656. The summed E-state index contributed by atoms with van der Waals surface area (Å²) in [7, 11) is 1.82. The van der Waals surface area contributed by atoms with Crippen molar-refractivity contribution in [1.82, 2.24) is 9.78 Å². The van der Waals surface area contributed by atoms with Crippen LogP contribution in [-0.4, -0.2) is 14.9 Å². The van der Waals surface area contributed by atoms with E-state index in [1.165, 1.54) is 0 Å². The van der Waals surface area contributed by atoms with Gasteiger partial charge in [0.15, 0.2) is 0 Å². The van der Waals surface area contributed by atoms with Crippen molar-refractivity contribution in [2.45, 2.75) is 20.0 Å². The Hall–Kier alpha value is -1.55. The molecule has 0 saturated carbocycles. The Morgan fingerprint density at radius 3 is 2.67 bits per heavy atom. The lowest BCUT2D eigenvalue weighted by atomic mass is 10.1. The van der Waals surface area contributed by atoms with Gasteiger partial charge >= 0.3 is 0 Å². The fourth-order valence-corrected chi connectivity index (χ4v) is 1.68. The standard InChI is InChI=1S/C11H14N2O2/c1-7-4-10(8(2)15-7)11(14)9-5-12-13(3)6-9/h4-6,11,14H,1-3H3. The molecule has 15 heavy (non-hydrogen) atoms. The second-order valence-electron chi connectivity index (χ2n) is 3.72. The molecular weight excluding hydrogens is 192 g/mol. The Morgan fingerprint density at radius 1 is 1.47 bits per heavy atom. The first kappa shape index (κ1) is 9.98. The van der Waals surface area contributed by atoms with Gasteiger partial charge in [-0.1, -0.05) is 0 Å². The number of hydrogen-bond acceptors (Lipinski definition) is 3. The number of hydrogen-bond donors (Lipinski definition) is 1. The number of aryl methyl sites for hydroxylation is 3. The summed E-state index contributed by atoms with van der Waals surface area (Å²) in [5.41, 5.74) is 1.59. The van der Waals surface area contributed by atoms with E-state index in [2.05, 4.69) is 5.10 Å². The maximum Gasteiger partial charge on any atom is 0.110 e. The maximum absolute atomic E-state index is 10.1. The lowest BCUT2D eigenvalue weighted by Gasteiger charge is -2.05. The Morgan fingerprint density at radius 2 is 2.20 bits per heavy atom. The lowest BCUT2D eigenvalue weighted by Crippen LogP contribution is -1.98. The van der Waals surface area contributed by atoms with Gasteiger partial charge in [-0.15, -0.1) is 0 Å². The highest BCUT2D eigenvalue weighted by molar-refractivity contribution is 5.30. The molecule has 2 rings (SSSR count). The van der Waals surface area contributed by atoms with Gasteiger partial charge in [0.05, 0.1) is 6.20 Å². The van der Waals surface area contributed by atoms with Crippen molar-refractivity contribution in [3.8, 4) is 0 Å². The smallest absolute Gasteiger partial charge is 0.110 e. The third-order valence-corrected chi connectivity index (χ3v) is 2.41. The molecule has 0 aliphatic rings. The average Bonchev–Trinajstić information content (AvgIpc) is 2.71. The fourth-order valence-electron chi connectivity index (χ4n) is 1.68. The zero-order valence-corrected chi connectivity index (χ0v) is 9.06. The second kappa shape index (κ2) is 3.55. The van der Waals surface area contributed by atoms with Crippen molar-refractivity contribution >= 4 is 0 Å². The van der Waals surface area contributed by atoms with E-state index >= 15 is 0 Å². The van der Waals surface area contributed by atoms with E-state index in [1.54, 1.807) is 17.1 Å². The topological polar surface area (TPSA) is 51.2 Å². The highest BCUT2D eigenvalue weighted by Gasteiger charge is 2.17. The van der Waals surface area contributed by atoms with E-state index < -0.39 is 6.10 Å². The molecule has 2 aromatic rings. The van der Waals surface area contributed by atoms with Gasteiger partial charge in [-0.2, -0.15) is 5.10 Å². The van der Waals surface area contributed by atoms with E-state index in [0.717, 1.165) is 22.6 Å². The number of rotatable bonds is 2. The predicted octanol–water partition coefficient (Wildman–Crippen LogP) is 1.71. The number of aliphatic hydroxyl groups excluding tert-OH is 1. The van der Waals surface area contributed by atoms with Crippen LogP contribution in [0.15, 0.2) is 22.9 Å². The third-order valence-electron chi connectivity index (χ3n) is 2.41. The normalized spacial score (nSPS) is 13.1. The van der Waals surface area contributed by atoms with Crippen molar-refractivity contribution in [2.24, 2.45) is 7.05 Å². The minimum absolute atomic E-state index is 0.656. The molecule has 1 atom stereocenters. The molecular formula is C11H14N2O2. The molecule has 0 aromatic carbocycles. The summed E-state index contributed by atoms with van der Waals surface area (Å²) in [5, 5.41) is 14.1. The highest BCUT2D eigenvalue weighted by Crippen LogP contribution is 2.26. The predicted molar refractivity (Wildman–Crippen MR) is 55.5 cm³/mol. The molecule has 0 aliphatic carbocycles. The molecule has 4 heteroatoms. The summed E-state index contributed by atoms with van der Waals surface area (Å²) < 4.78 is 7.04. The first-order valence-electron chi connectivity index (χ1n) is 4.81. The Balaban J connectivity index is 2.35. The molecule has 4 nitrogen and oxygen atoms in total. The van der Waals surface area contributed by atoms with E-state index in [0.29, 0.717) is 0 Å². The largest absolute Gasteiger partial charge is 0.466 e. The van der Waals surface area contributed by atoms with Crippen LogP contribution in [-0.2, 0) is 7.05 Å². The highest BCUT2D eigenvalue weighted by atomic mass is 16.3. The first-order valence-corrected chi connectivity index (χ1v) is 4.81. The van der Waals surface area contributed by atoms with Crippen LogP contribution in [0.25, 0.3) is 0 Å². The molecule has 0 radical (unpaired) electrons. The van der Waals surface area contributed by atoms with Gasteiger partial charge in [-0.25, -0.2) is 0 Å². The molecule has 2 aromatic heterocycles. The van der Waals surface area contributed by atoms with Gasteiger partial charge in [0.25, 0.3) is 0 Å². The Kier molecular flexibility index (Phi) is 2.36. The van der Waals surface area contributed by atoms with Crippen LogP contribution < -0.4 is 0 Å². The molecule has 1 unspecified atom stereocenters. The molecule has 2 heterocycles. The van der Waals surface area contributed by atoms with Crippen LogP contribution in [0, 0.1) is 13.8 Å². The molecule has 80 valence electrons. The molecule has 0 saturated heterocycles. The van der Waals surface area contributed by atoms with Gasteiger partial charge in [0.1, 0.15) is 17.6 Å². The number of nitrogens with zero attached hydrogens (tertiary/aromatic N) is 2. The summed E-state index contributed by atoms with van der Waals surface area (Å²) in [5.74, 6) is 1.56. The Bertz CT molecular complexity index is 471.